The number of nitrogens with one attached hydrogen (secondary N) is 1. The van der Waals surface area contributed by atoms with Crippen molar-refractivity contribution >= 4 is 28.8 Å². The molecule has 0 saturated carbocycles. The van der Waals surface area contributed by atoms with Gasteiger partial charge in [0.25, 0.3) is 0 Å². The Morgan fingerprint density at radius 1 is 1.13 bits per heavy atom. The molecule has 2 aromatic carbocycles. The Morgan fingerprint density at radius 2 is 1.95 bits per heavy atom. The molecule has 0 aliphatic heterocycles. The predicted molar refractivity (Wildman–Crippen MR) is 147 cm³/mol. The summed E-state index contributed by atoms with van der Waals surface area (Å²) >= 11 is 0. The molecular formula is C28H25N9O2. The highest BCUT2D eigenvalue weighted by Crippen LogP contribution is 2.30. The van der Waals surface area contributed by atoms with Gasteiger partial charge in [-0.1, -0.05) is 6.07 Å². The molecule has 1 atom stereocenters. The van der Waals surface area contributed by atoms with Gasteiger partial charge in [-0.3, -0.25) is 0 Å². The highest BCUT2D eigenvalue weighted by atomic mass is 16.5. The molecule has 0 radical (unpaired) electrons. The zero-order chi connectivity index (χ0) is 27.7. The van der Waals surface area contributed by atoms with E-state index in [4.69, 9.17) is 21.2 Å². The lowest BCUT2D eigenvalue weighted by Crippen LogP contribution is -2.16. The number of nitrogens with two attached hydrogens (primary N) is 2. The summed E-state index contributed by atoms with van der Waals surface area (Å²) in [7, 11) is 0. The molecule has 0 aliphatic rings. The fourth-order valence-corrected chi connectivity index (χ4v) is 4.25. The number of hydrogen-bond acceptors (Lipinski definition) is 10. The number of esters is 1. The van der Waals surface area contributed by atoms with Crippen LogP contribution in [0.25, 0.3) is 16.8 Å². The molecule has 0 aliphatic carbocycles. The normalized spacial score (nSPS) is 11.6. The van der Waals surface area contributed by atoms with E-state index in [1.807, 2.05) is 45.2 Å². The van der Waals surface area contributed by atoms with Crippen LogP contribution in [0, 0.1) is 25.2 Å². The van der Waals surface area contributed by atoms with Gasteiger partial charge in [0.1, 0.15) is 35.3 Å². The molecule has 1 unspecified atom stereocenters. The molecule has 3 heterocycles. The molecule has 11 heteroatoms. The summed E-state index contributed by atoms with van der Waals surface area (Å²) in [5.41, 5.74) is 16.7. The van der Waals surface area contributed by atoms with Crippen LogP contribution >= 0.6 is 0 Å². The summed E-state index contributed by atoms with van der Waals surface area (Å²) in [5.74, 6) is 0.661. The number of nitrogen functional groups attached to an aromatic ring is 2. The van der Waals surface area contributed by atoms with Crippen LogP contribution in [0.15, 0.2) is 61.1 Å². The van der Waals surface area contributed by atoms with Gasteiger partial charge in [-0.15, -0.1) is 0 Å². The van der Waals surface area contributed by atoms with Crippen LogP contribution in [-0.2, 0) is 0 Å². The van der Waals surface area contributed by atoms with E-state index < -0.39 is 12.0 Å². The number of benzene rings is 2. The quantitative estimate of drug-likeness (QED) is 0.167. The Bertz CT molecular complexity index is 1770. The van der Waals surface area contributed by atoms with E-state index in [1.54, 1.807) is 40.9 Å². The molecule has 0 amide bonds. The van der Waals surface area contributed by atoms with Gasteiger partial charge in [-0.25, -0.2) is 24.3 Å². The van der Waals surface area contributed by atoms with E-state index in [0.717, 1.165) is 22.2 Å². The van der Waals surface area contributed by atoms with Gasteiger partial charge in [0, 0.05) is 23.5 Å². The van der Waals surface area contributed by atoms with E-state index in [0.29, 0.717) is 28.5 Å². The number of ether oxygens (including phenoxy) is 1. The molecule has 5 aromatic rings. The first-order valence-electron chi connectivity index (χ1n) is 12.1. The predicted octanol–water partition coefficient (Wildman–Crippen LogP) is 4.23. The second kappa shape index (κ2) is 10.1. The van der Waals surface area contributed by atoms with E-state index in [9.17, 15) is 10.1 Å². The summed E-state index contributed by atoms with van der Waals surface area (Å²) in [4.78, 5) is 26.0. The van der Waals surface area contributed by atoms with Crippen molar-refractivity contribution in [2.45, 2.75) is 26.8 Å². The minimum absolute atomic E-state index is 0.0812. The molecular weight excluding hydrogens is 494 g/mol. The highest BCUT2D eigenvalue weighted by Gasteiger charge is 2.20. The molecule has 11 nitrogen and oxygen atoms in total. The first-order valence-corrected chi connectivity index (χ1v) is 12.1. The van der Waals surface area contributed by atoms with Crippen LogP contribution in [0.1, 0.15) is 45.8 Å². The second-order valence-electron chi connectivity index (χ2n) is 9.12. The maximum atomic E-state index is 13.0. The van der Waals surface area contributed by atoms with Crippen molar-refractivity contribution in [1.82, 2.24) is 24.6 Å². The summed E-state index contributed by atoms with van der Waals surface area (Å²) in [6, 6.07) is 15.7. The van der Waals surface area contributed by atoms with E-state index in [-0.39, 0.29) is 17.2 Å². The lowest BCUT2D eigenvalue weighted by atomic mass is 10.0. The summed E-state index contributed by atoms with van der Waals surface area (Å²) in [5, 5.41) is 17.3. The fraction of sp³-hybridized carbons (Fsp3) is 0.143. The number of carbonyl (C=O) groups is 1. The molecule has 0 fully saturated rings. The standard InChI is InChI=1S/C28H25N9O2/c1-15-9-18(11-19(10-15)28(38)39-21-6-4-5-20(30)12-21)23-24-16(2)7-8-37(24)36-26(35-23)17(3)34-27-22(13-29)25(31)32-14-33-27/h4-12,14,17H,30H2,1-3H3,(H3,31,32,33,34). The van der Waals surface area contributed by atoms with Crippen molar-refractivity contribution in [2.24, 2.45) is 0 Å². The Labute approximate surface area is 224 Å². The average Bonchev–Trinajstić information content (AvgIpc) is 3.28. The van der Waals surface area contributed by atoms with Crippen LogP contribution in [0.2, 0.25) is 0 Å². The third-order valence-electron chi connectivity index (χ3n) is 6.11. The number of nitrogens with zero attached hydrogens (tertiary/aromatic N) is 6. The lowest BCUT2D eigenvalue weighted by molar-refractivity contribution is 0.0735. The molecule has 39 heavy (non-hydrogen) atoms. The number of rotatable bonds is 6. The topological polar surface area (TPSA) is 170 Å². The third-order valence-corrected chi connectivity index (χ3v) is 6.11. The fourth-order valence-electron chi connectivity index (χ4n) is 4.25. The molecule has 3 aromatic heterocycles. The van der Waals surface area contributed by atoms with E-state index in [2.05, 4.69) is 20.4 Å². The Hall–Kier alpha value is -5.50. The van der Waals surface area contributed by atoms with Gasteiger partial charge < -0.3 is 21.5 Å². The number of anilines is 3. The highest BCUT2D eigenvalue weighted by molar-refractivity contribution is 5.94. The van der Waals surface area contributed by atoms with Crippen molar-refractivity contribution < 1.29 is 9.53 Å². The third kappa shape index (κ3) is 5.03. The number of nitriles is 1. The zero-order valence-electron chi connectivity index (χ0n) is 21.5. The van der Waals surface area contributed by atoms with Crippen LogP contribution < -0.4 is 21.5 Å². The number of aryl methyl sites for hydroxylation is 2. The molecule has 0 saturated heterocycles. The van der Waals surface area contributed by atoms with Crippen molar-refractivity contribution in [1.29, 1.82) is 5.26 Å². The van der Waals surface area contributed by atoms with Crippen molar-refractivity contribution in [3.63, 3.8) is 0 Å². The minimum Gasteiger partial charge on any atom is -0.423 e. The van der Waals surface area contributed by atoms with Gasteiger partial charge in [0.2, 0.25) is 0 Å². The molecule has 5 rings (SSSR count). The summed E-state index contributed by atoms with van der Waals surface area (Å²) in [6.07, 6.45) is 3.13. The molecule has 194 valence electrons. The molecule has 0 bridgehead atoms. The first-order chi connectivity index (χ1) is 18.7. The van der Waals surface area contributed by atoms with Crippen LogP contribution in [0.4, 0.5) is 17.3 Å². The second-order valence-corrected chi connectivity index (χ2v) is 9.12. The number of fused-ring (bicyclic) bond motifs is 1. The Kier molecular flexibility index (Phi) is 6.52. The maximum absolute atomic E-state index is 13.0. The van der Waals surface area contributed by atoms with Crippen LogP contribution in [-0.4, -0.2) is 30.5 Å². The van der Waals surface area contributed by atoms with Crippen LogP contribution in [0.5, 0.6) is 5.75 Å². The van der Waals surface area contributed by atoms with E-state index >= 15 is 0 Å². The van der Waals surface area contributed by atoms with Crippen molar-refractivity contribution in [3.8, 4) is 23.1 Å². The van der Waals surface area contributed by atoms with Crippen LogP contribution in [0.3, 0.4) is 0 Å². The Balaban J connectivity index is 1.55. The van der Waals surface area contributed by atoms with Crippen molar-refractivity contribution in [3.05, 3.63) is 89.1 Å². The van der Waals surface area contributed by atoms with E-state index in [1.165, 1.54) is 6.33 Å². The lowest BCUT2D eigenvalue weighted by Gasteiger charge is -2.17. The zero-order valence-corrected chi connectivity index (χ0v) is 21.5. The monoisotopic (exact) mass is 519 g/mol. The van der Waals surface area contributed by atoms with Gasteiger partial charge in [0.05, 0.1) is 22.8 Å². The number of hydrogen-bond donors (Lipinski definition) is 3. The summed E-state index contributed by atoms with van der Waals surface area (Å²) in [6.45, 7) is 5.72. The number of aromatic nitrogens is 5. The molecule has 5 N–H and O–H groups in total. The van der Waals surface area contributed by atoms with Gasteiger partial charge >= 0.3 is 5.97 Å². The van der Waals surface area contributed by atoms with Gasteiger partial charge in [-0.2, -0.15) is 10.4 Å². The number of carbonyl (C=O) groups excluding carboxylic acids is 1. The summed E-state index contributed by atoms with van der Waals surface area (Å²) < 4.78 is 7.32. The maximum Gasteiger partial charge on any atom is 0.343 e. The van der Waals surface area contributed by atoms with Gasteiger partial charge in [0.15, 0.2) is 5.82 Å². The van der Waals surface area contributed by atoms with Gasteiger partial charge in [-0.05, 0) is 68.3 Å². The Morgan fingerprint density at radius 3 is 2.72 bits per heavy atom. The smallest absolute Gasteiger partial charge is 0.343 e. The van der Waals surface area contributed by atoms with Crippen molar-refractivity contribution in [2.75, 3.05) is 16.8 Å². The average molecular weight is 520 g/mol. The SMILES string of the molecule is Cc1cc(C(=O)Oc2cccc(N)c2)cc(-c2nc(C(C)Nc3ncnc(N)c3C#N)nn3ccc(C)c23)c1. The first kappa shape index (κ1) is 25.2. The largest absolute Gasteiger partial charge is 0.423 e. The molecule has 0 spiro atoms. The minimum atomic E-state index is -0.511.